The van der Waals surface area contributed by atoms with E-state index >= 15 is 0 Å². The molecule has 1 unspecified atom stereocenters. The highest BCUT2D eigenvalue weighted by Gasteiger charge is 2.36. The van der Waals surface area contributed by atoms with Crippen LogP contribution in [0.3, 0.4) is 0 Å². The molecule has 0 fully saturated rings. The van der Waals surface area contributed by atoms with E-state index in [9.17, 15) is 23.2 Å². The van der Waals surface area contributed by atoms with Gasteiger partial charge >= 0.3 is 6.18 Å². The van der Waals surface area contributed by atoms with Gasteiger partial charge in [0.15, 0.2) is 0 Å². The van der Waals surface area contributed by atoms with Gasteiger partial charge in [-0.3, -0.25) is 4.79 Å². The summed E-state index contributed by atoms with van der Waals surface area (Å²) in [4.78, 5) is 12.9. The van der Waals surface area contributed by atoms with E-state index in [-0.39, 0.29) is 18.2 Å². The third-order valence-corrected chi connectivity index (χ3v) is 5.66. The first-order chi connectivity index (χ1) is 13.8. The third-order valence-electron chi connectivity index (χ3n) is 5.02. The van der Waals surface area contributed by atoms with Gasteiger partial charge in [-0.1, -0.05) is 70.9 Å². The molecule has 1 atom stereocenters. The summed E-state index contributed by atoms with van der Waals surface area (Å²) in [7, 11) is 0. The number of pyridine rings is 1. The number of benzene rings is 1. The molecule has 0 bridgehead atoms. The minimum Gasteiger partial charge on any atom is -0.303 e. The van der Waals surface area contributed by atoms with Gasteiger partial charge in [0.05, 0.1) is 17.8 Å². The molecule has 1 aromatic carbocycles. The van der Waals surface area contributed by atoms with Gasteiger partial charge in [-0.2, -0.15) is 18.4 Å². The van der Waals surface area contributed by atoms with E-state index in [4.69, 9.17) is 0 Å². The van der Waals surface area contributed by atoms with Gasteiger partial charge in [0.1, 0.15) is 11.6 Å². The summed E-state index contributed by atoms with van der Waals surface area (Å²) in [6, 6.07) is 11.4. The van der Waals surface area contributed by atoms with Crippen LogP contribution in [0.2, 0.25) is 0 Å². The van der Waals surface area contributed by atoms with Crippen molar-refractivity contribution < 1.29 is 13.2 Å². The first-order valence-electron chi connectivity index (χ1n) is 9.02. The molecule has 1 heterocycles. The summed E-state index contributed by atoms with van der Waals surface area (Å²) in [5, 5.41) is 9.87. The Hall–Kier alpha value is -2.59. The molecular weight excluding hydrogens is 445 g/mol. The largest absolute Gasteiger partial charge is 0.417 e. The molecule has 0 amide bonds. The Kier molecular flexibility index (Phi) is 6.13. The van der Waals surface area contributed by atoms with Crippen molar-refractivity contribution in [3.05, 3.63) is 86.9 Å². The van der Waals surface area contributed by atoms with Crippen molar-refractivity contribution in [2.75, 3.05) is 5.33 Å². The second-order valence-electron chi connectivity index (χ2n) is 6.95. The molecule has 150 valence electrons. The standard InChI is InChI=1S/C22H18BrF3N2O/c1-14-7-8-16(9-17(14)11-23)20-10-19(22(24,25)26)18(12-27)21(29)28(20)13-15-5-3-2-4-6-15/h2-6,8-10,14H,7,11,13H2,1H3. The van der Waals surface area contributed by atoms with E-state index < -0.39 is 22.9 Å². The van der Waals surface area contributed by atoms with Crippen LogP contribution in [0, 0.1) is 17.2 Å². The monoisotopic (exact) mass is 462 g/mol. The molecule has 1 aliphatic rings. The van der Waals surface area contributed by atoms with E-state index in [0.29, 0.717) is 17.3 Å². The first kappa shape index (κ1) is 21.1. The van der Waals surface area contributed by atoms with Crippen molar-refractivity contribution in [2.24, 2.45) is 5.92 Å². The lowest BCUT2D eigenvalue weighted by Gasteiger charge is -2.23. The first-order valence-corrected chi connectivity index (χ1v) is 10.1. The molecule has 0 radical (unpaired) electrons. The van der Waals surface area contributed by atoms with E-state index in [1.807, 2.05) is 25.1 Å². The van der Waals surface area contributed by atoms with Gasteiger partial charge in [-0.05, 0) is 29.5 Å². The summed E-state index contributed by atoms with van der Waals surface area (Å²) in [6.07, 6.45) is -0.465. The van der Waals surface area contributed by atoms with Crippen molar-refractivity contribution >= 4 is 21.5 Å². The normalized spacial score (nSPS) is 16.8. The highest BCUT2D eigenvalue weighted by atomic mass is 79.9. The number of nitrogens with zero attached hydrogens (tertiary/aromatic N) is 2. The summed E-state index contributed by atoms with van der Waals surface area (Å²) in [5.41, 5.74) is -0.497. The number of hydrogen-bond donors (Lipinski definition) is 0. The quantitative estimate of drug-likeness (QED) is 0.560. The van der Waals surface area contributed by atoms with Gasteiger partial charge in [-0.15, -0.1) is 0 Å². The van der Waals surface area contributed by atoms with E-state index in [1.54, 1.807) is 24.3 Å². The number of allylic oxidation sites excluding steroid dienone is 4. The van der Waals surface area contributed by atoms with Crippen LogP contribution in [0.5, 0.6) is 0 Å². The summed E-state index contributed by atoms with van der Waals surface area (Å²) < 4.78 is 42.0. The van der Waals surface area contributed by atoms with Gasteiger partial charge in [0.25, 0.3) is 5.56 Å². The molecule has 0 saturated carbocycles. The molecule has 7 heteroatoms. The highest BCUT2D eigenvalue weighted by Crippen LogP contribution is 2.35. The van der Waals surface area contributed by atoms with Crippen molar-refractivity contribution in [3.63, 3.8) is 0 Å². The SMILES string of the molecule is CC1CC=C(c2cc(C(F)(F)F)c(C#N)c(=O)n2Cc2ccccc2)C=C1CBr. The van der Waals surface area contributed by atoms with E-state index in [2.05, 4.69) is 15.9 Å². The molecule has 3 nitrogen and oxygen atoms in total. The van der Waals surface area contributed by atoms with Crippen LogP contribution in [0.25, 0.3) is 5.57 Å². The van der Waals surface area contributed by atoms with Gasteiger partial charge in [-0.25, -0.2) is 0 Å². The van der Waals surface area contributed by atoms with E-state index in [1.165, 1.54) is 10.6 Å². The lowest BCUT2D eigenvalue weighted by Crippen LogP contribution is -2.30. The maximum Gasteiger partial charge on any atom is 0.417 e. The third kappa shape index (κ3) is 4.38. The summed E-state index contributed by atoms with van der Waals surface area (Å²) in [5.74, 6) is 0.257. The van der Waals surface area contributed by atoms with Crippen LogP contribution in [0.4, 0.5) is 13.2 Å². The molecular formula is C22H18BrF3N2O. The fourth-order valence-electron chi connectivity index (χ4n) is 3.34. The van der Waals surface area contributed by atoms with E-state index in [0.717, 1.165) is 17.2 Å². The Labute approximate surface area is 174 Å². The highest BCUT2D eigenvalue weighted by molar-refractivity contribution is 9.09. The van der Waals surface area contributed by atoms with Crippen LogP contribution < -0.4 is 5.56 Å². The van der Waals surface area contributed by atoms with Crippen LogP contribution in [-0.2, 0) is 12.7 Å². The number of rotatable bonds is 4. The summed E-state index contributed by atoms with van der Waals surface area (Å²) in [6.45, 7) is 2.11. The predicted octanol–water partition coefficient (Wildman–Crippen LogP) is 5.53. The van der Waals surface area contributed by atoms with Crippen molar-refractivity contribution in [3.8, 4) is 6.07 Å². The second kappa shape index (κ2) is 8.42. The minimum absolute atomic E-state index is 0.0756. The zero-order valence-corrected chi connectivity index (χ0v) is 17.2. The number of alkyl halides is 4. The topological polar surface area (TPSA) is 45.8 Å². The maximum absolute atomic E-state index is 13.6. The molecule has 3 rings (SSSR count). The van der Waals surface area contributed by atoms with Crippen LogP contribution in [0.1, 0.15) is 35.7 Å². The Morgan fingerprint density at radius 1 is 1.28 bits per heavy atom. The Balaban J connectivity index is 2.27. The molecule has 1 aliphatic carbocycles. The van der Waals surface area contributed by atoms with Crippen LogP contribution in [-0.4, -0.2) is 9.90 Å². The zero-order chi connectivity index (χ0) is 21.2. The van der Waals surface area contributed by atoms with Gasteiger partial charge < -0.3 is 4.57 Å². The number of nitriles is 1. The maximum atomic E-state index is 13.6. The van der Waals surface area contributed by atoms with Gasteiger partial charge in [0, 0.05) is 5.33 Å². The molecule has 0 spiro atoms. The lowest BCUT2D eigenvalue weighted by atomic mass is 9.89. The summed E-state index contributed by atoms with van der Waals surface area (Å²) >= 11 is 3.42. The number of halogens is 4. The molecule has 0 saturated heterocycles. The minimum atomic E-state index is -4.80. The molecule has 0 N–H and O–H groups in total. The molecule has 29 heavy (non-hydrogen) atoms. The van der Waals surface area contributed by atoms with Crippen molar-refractivity contribution in [1.29, 1.82) is 5.26 Å². The Morgan fingerprint density at radius 2 is 1.97 bits per heavy atom. The van der Waals surface area contributed by atoms with Crippen molar-refractivity contribution in [2.45, 2.75) is 26.1 Å². The van der Waals surface area contributed by atoms with Crippen molar-refractivity contribution in [1.82, 2.24) is 4.57 Å². The Bertz CT molecular complexity index is 1080. The smallest absolute Gasteiger partial charge is 0.303 e. The average Bonchev–Trinajstić information content (AvgIpc) is 2.69. The number of hydrogen-bond acceptors (Lipinski definition) is 2. The fourth-order valence-corrected chi connectivity index (χ4v) is 4.06. The molecule has 0 aliphatic heterocycles. The average molecular weight is 463 g/mol. The second-order valence-corrected chi connectivity index (χ2v) is 7.51. The molecule has 1 aromatic heterocycles. The number of aromatic nitrogens is 1. The van der Waals surface area contributed by atoms with Gasteiger partial charge in [0.2, 0.25) is 0 Å². The Morgan fingerprint density at radius 3 is 2.55 bits per heavy atom. The fraction of sp³-hybridized carbons (Fsp3) is 0.273. The lowest BCUT2D eigenvalue weighted by molar-refractivity contribution is -0.138. The van der Waals surface area contributed by atoms with Crippen LogP contribution in [0.15, 0.2) is 58.9 Å². The predicted molar refractivity (Wildman–Crippen MR) is 110 cm³/mol. The molecule has 2 aromatic rings. The van der Waals surface area contributed by atoms with Crippen LogP contribution >= 0.6 is 15.9 Å². The zero-order valence-electron chi connectivity index (χ0n) is 15.6.